The van der Waals surface area contributed by atoms with Gasteiger partial charge in [0.25, 0.3) is 5.91 Å². The average Bonchev–Trinajstić information content (AvgIpc) is 3.15. The molecule has 0 saturated carbocycles. The summed E-state index contributed by atoms with van der Waals surface area (Å²) in [4.78, 5) is 11.9. The molecule has 7 heteroatoms. The van der Waals surface area contributed by atoms with Crippen LogP contribution in [0.25, 0.3) is 11.0 Å². The number of amides is 1. The first kappa shape index (κ1) is 18.0. The van der Waals surface area contributed by atoms with Crippen molar-refractivity contribution in [3.8, 4) is 17.6 Å². The van der Waals surface area contributed by atoms with Crippen LogP contribution in [0.1, 0.15) is 18.2 Å². The number of hydrogen-bond donors (Lipinski definition) is 1. The van der Waals surface area contributed by atoms with Crippen LogP contribution in [0.15, 0.2) is 58.0 Å². The Morgan fingerprint density at radius 1 is 1.26 bits per heavy atom. The van der Waals surface area contributed by atoms with E-state index in [1.54, 1.807) is 38.3 Å². The molecule has 3 aromatic rings. The van der Waals surface area contributed by atoms with Crippen molar-refractivity contribution in [2.45, 2.75) is 6.92 Å². The van der Waals surface area contributed by atoms with Gasteiger partial charge >= 0.3 is 0 Å². The summed E-state index contributed by atoms with van der Waals surface area (Å²) in [5, 5.41) is 13.7. The SMILES string of the molecule is COc1cccc2cc(/C(C)=N\NC(=O)COc3ccc(C#N)cc3)oc12. The molecule has 1 heterocycles. The first-order valence-corrected chi connectivity index (χ1v) is 8.13. The third-order valence-corrected chi connectivity index (χ3v) is 3.79. The number of para-hydroxylation sites is 1. The van der Waals surface area contributed by atoms with Crippen LogP contribution in [0.2, 0.25) is 0 Å². The number of furan rings is 1. The first-order chi connectivity index (χ1) is 13.1. The highest BCUT2D eigenvalue weighted by atomic mass is 16.5. The Balaban J connectivity index is 1.61. The number of fused-ring (bicyclic) bond motifs is 1. The minimum Gasteiger partial charge on any atom is -0.493 e. The summed E-state index contributed by atoms with van der Waals surface area (Å²) in [5.41, 5.74) is 4.09. The van der Waals surface area contributed by atoms with Gasteiger partial charge < -0.3 is 13.9 Å². The highest BCUT2D eigenvalue weighted by molar-refractivity contribution is 6.01. The Morgan fingerprint density at radius 3 is 2.74 bits per heavy atom. The lowest BCUT2D eigenvalue weighted by Crippen LogP contribution is -2.25. The normalized spacial score (nSPS) is 11.1. The number of rotatable bonds is 6. The van der Waals surface area contributed by atoms with Crippen LogP contribution in [0.4, 0.5) is 0 Å². The zero-order chi connectivity index (χ0) is 19.2. The van der Waals surface area contributed by atoms with Gasteiger partial charge in [-0.05, 0) is 43.3 Å². The second-order valence-corrected chi connectivity index (χ2v) is 5.65. The maximum atomic E-state index is 11.9. The number of methoxy groups -OCH3 is 1. The van der Waals surface area contributed by atoms with Gasteiger partial charge in [-0.3, -0.25) is 4.79 Å². The average molecular weight is 363 g/mol. The summed E-state index contributed by atoms with van der Waals surface area (Å²) >= 11 is 0. The highest BCUT2D eigenvalue weighted by Gasteiger charge is 2.11. The fourth-order valence-electron chi connectivity index (χ4n) is 2.38. The molecule has 0 radical (unpaired) electrons. The van der Waals surface area contributed by atoms with Crippen LogP contribution < -0.4 is 14.9 Å². The number of hydrogen-bond acceptors (Lipinski definition) is 6. The van der Waals surface area contributed by atoms with Gasteiger partial charge in [-0.1, -0.05) is 12.1 Å². The van der Waals surface area contributed by atoms with Crippen molar-refractivity contribution in [3.63, 3.8) is 0 Å². The van der Waals surface area contributed by atoms with Gasteiger partial charge in [0.1, 0.15) is 11.5 Å². The van der Waals surface area contributed by atoms with Crippen molar-refractivity contribution in [3.05, 3.63) is 59.9 Å². The van der Waals surface area contributed by atoms with E-state index in [9.17, 15) is 4.79 Å². The minimum absolute atomic E-state index is 0.198. The Hall–Kier alpha value is -3.79. The molecule has 1 aromatic heterocycles. The van der Waals surface area contributed by atoms with Crippen LogP contribution in [-0.2, 0) is 4.79 Å². The van der Waals surface area contributed by atoms with E-state index in [0.29, 0.717) is 34.1 Å². The summed E-state index contributed by atoms with van der Waals surface area (Å²) in [6.07, 6.45) is 0. The molecule has 0 aliphatic carbocycles. The monoisotopic (exact) mass is 363 g/mol. The van der Waals surface area contributed by atoms with Crippen molar-refractivity contribution in [2.75, 3.05) is 13.7 Å². The van der Waals surface area contributed by atoms with E-state index in [0.717, 1.165) is 5.39 Å². The second-order valence-electron chi connectivity index (χ2n) is 5.65. The molecule has 0 spiro atoms. The van der Waals surface area contributed by atoms with Crippen molar-refractivity contribution in [1.82, 2.24) is 5.43 Å². The fourth-order valence-corrected chi connectivity index (χ4v) is 2.38. The molecule has 0 saturated heterocycles. The van der Waals surface area contributed by atoms with Gasteiger partial charge in [0.2, 0.25) is 0 Å². The molecule has 0 atom stereocenters. The summed E-state index contributed by atoms with van der Waals surface area (Å²) in [5.74, 6) is 1.25. The van der Waals surface area contributed by atoms with E-state index in [-0.39, 0.29) is 6.61 Å². The summed E-state index contributed by atoms with van der Waals surface area (Å²) in [7, 11) is 1.58. The molecule has 0 bridgehead atoms. The van der Waals surface area contributed by atoms with E-state index in [1.807, 2.05) is 30.3 Å². The lowest BCUT2D eigenvalue weighted by atomic mass is 10.2. The number of nitriles is 1. The number of benzene rings is 2. The van der Waals surface area contributed by atoms with Crippen molar-refractivity contribution in [2.24, 2.45) is 5.10 Å². The standard InChI is InChI=1S/C20H17N3O4/c1-13(18-10-15-4-3-5-17(25-2)20(15)27-18)22-23-19(24)12-26-16-8-6-14(11-21)7-9-16/h3-10H,12H2,1-2H3,(H,23,24)/b22-13-. The van der Waals surface area contributed by atoms with Crippen LogP contribution >= 0.6 is 0 Å². The largest absolute Gasteiger partial charge is 0.493 e. The molecular formula is C20H17N3O4. The topological polar surface area (TPSA) is 96.9 Å². The van der Waals surface area contributed by atoms with E-state index < -0.39 is 5.91 Å². The predicted octanol–water partition coefficient (Wildman–Crippen LogP) is 3.23. The quantitative estimate of drug-likeness (QED) is 0.536. The molecule has 0 aliphatic heterocycles. The molecule has 0 fully saturated rings. The number of carbonyl (C=O) groups excluding carboxylic acids is 1. The predicted molar refractivity (Wildman–Crippen MR) is 99.8 cm³/mol. The molecule has 0 unspecified atom stereocenters. The number of nitrogens with zero attached hydrogens (tertiary/aromatic N) is 2. The Kier molecular flexibility index (Phi) is 5.38. The molecule has 1 N–H and O–H groups in total. The van der Waals surface area contributed by atoms with Gasteiger partial charge in [-0.2, -0.15) is 10.4 Å². The zero-order valence-electron chi connectivity index (χ0n) is 14.9. The van der Waals surface area contributed by atoms with Gasteiger partial charge in [0.15, 0.2) is 23.7 Å². The third kappa shape index (κ3) is 4.25. The molecule has 3 rings (SSSR count). The summed E-state index contributed by atoms with van der Waals surface area (Å²) < 4.78 is 16.4. The van der Waals surface area contributed by atoms with E-state index in [2.05, 4.69) is 10.5 Å². The maximum absolute atomic E-state index is 11.9. The van der Waals surface area contributed by atoms with E-state index in [4.69, 9.17) is 19.2 Å². The molecule has 7 nitrogen and oxygen atoms in total. The van der Waals surface area contributed by atoms with Gasteiger partial charge in [-0.25, -0.2) is 5.43 Å². The van der Waals surface area contributed by atoms with Crippen molar-refractivity contribution >= 4 is 22.6 Å². The Labute approximate surface area is 155 Å². The lowest BCUT2D eigenvalue weighted by Gasteiger charge is -2.05. The number of nitrogens with one attached hydrogen (secondary N) is 1. The van der Waals surface area contributed by atoms with Gasteiger partial charge in [0.05, 0.1) is 18.7 Å². The summed E-state index contributed by atoms with van der Waals surface area (Å²) in [6, 6.07) is 15.9. The highest BCUT2D eigenvalue weighted by Crippen LogP contribution is 2.28. The number of carbonyl (C=O) groups is 1. The minimum atomic E-state index is -0.410. The Morgan fingerprint density at radius 2 is 2.04 bits per heavy atom. The lowest BCUT2D eigenvalue weighted by molar-refractivity contribution is -0.123. The van der Waals surface area contributed by atoms with E-state index in [1.165, 1.54) is 0 Å². The third-order valence-electron chi connectivity index (χ3n) is 3.79. The van der Waals surface area contributed by atoms with Crippen LogP contribution in [-0.4, -0.2) is 25.3 Å². The van der Waals surface area contributed by atoms with Crippen LogP contribution in [0, 0.1) is 11.3 Å². The molecule has 2 aromatic carbocycles. The van der Waals surface area contributed by atoms with E-state index >= 15 is 0 Å². The molecular weight excluding hydrogens is 346 g/mol. The Bertz CT molecular complexity index is 1030. The zero-order valence-corrected chi connectivity index (χ0v) is 14.9. The van der Waals surface area contributed by atoms with Crippen LogP contribution in [0.3, 0.4) is 0 Å². The number of ether oxygens (including phenoxy) is 2. The van der Waals surface area contributed by atoms with Gasteiger partial charge in [-0.15, -0.1) is 0 Å². The second kappa shape index (κ2) is 8.06. The van der Waals surface area contributed by atoms with Crippen LogP contribution in [0.5, 0.6) is 11.5 Å². The first-order valence-electron chi connectivity index (χ1n) is 8.13. The molecule has 1 amide bonds. The maximum Gasteiger partial charge on any atom is 0.277 e. The fraction of sp³-hybridized carbons (Fsp3) is 0.150. The van der Waals surface area contributed by atoms with Gasteiger partial charge in [0, 0.05) is 5.39 Å². The summed E-state index contributed by atoms with van der Waals surface area (Å²) in [6.45, 7) is 1.53. The van der Waals surface area contributed by atoms with Crippen molar-refractivity contribution < 1.29 is 18.7 Å². The number of hydrazone groups is 1. The van der Waals surface area contributed by atoms with Crippen molar-refractivity contribution in [1.29, 1.82) is 5.26 Å². The smallest absolute Gasteiger partial charge is 0.277 e. The molecule has 27 heavy (non-hydrogen) atoms. The molecule has 0 aliphatic rings. The molecule has 136 valence electrons.